The Bertz CT molecular complexity index is 503. The van der Waals surface area contributed by atoms with Gasteiger partial charge in [-0.25, -0.2) is 0 Å². The van der Waals surface area contributed by atoms with Crippen LogP contribution in [0.2, 0.25) is 0 Å². The summed E-state index contributed by atoms with van der Waals surface area (Å²) in [5, 5.41) is 9.15. The Morgan fingerprint density at radius 3 is 2.22 bits per heavy atom. The van der Waals surface area contributed by atoms with Gasteiger partial charge < -0.3 is 10.0 Å². The van der Waals surface area contributed by atoms with Crippen LogP contribution < -0.4 is 0 Å². The van der Waals surface area contributed by atoms with Crippen molar-refractivity contribution >= 4 is 0 Å². The predicted molar refractivity (Wildman–Crippen MR) is 75.2 cm³/mol. The lowest BCUT2D eigenvalue weighted by atomic mass is 10.0. The monoisotopic (exact) mass is 241 g/mol. The zero-order valence-corrected chi connectivity index (χ0v) is 10.9. The van der Waals surface area contributed by atoms with Gasteiger partial charge in [0.15, 0.2) is 0 Å². The second-order valence-corrected chi connectivity index (χ2v) is 4.79. The van der Waals surface area contributed by atoms with Crippen molar-refractivity contribution in [2.45, 2.75) is 13.2 Å². The summed E-state index contributed by atoms with van der Waals surface area (Å²) >= 11 is 0. The van der Waals surface area contributed by atoms with E-state index in [0.29, 0.717) is 0 Å². The molecule has 0 radical (unpaired) electrons. The summed E-state index contributed by atoms with van der Waals surface area (Å²) in [5.41, 5.74) is 4.60. The lowest BCUT2D eigenvalue weighted by molar-refractivity contribution is 0.282. The molecule has 0 aromatic heterocycles. The molecule has 2 heteroatoms. The molecule has 18 heavy (non-hydrogen) atoms. The molecule has 0 atom stereocenters. The molecule has 0 fully saturated rings. The van der Waals surface area contributed by atoms with E-state index in [4.69, 9.17) is 5.11 Å². The molecule has 0 spiro atoms. The number of hydrogen-bond acceptors (Lipinski definition) is 2. The molecule has 0 unspecified atom stereocenters. The molecule has 2 aromatic rings. The number of nitrogens with zero attached hydrogens (tertiary/aromatic N) is 1. The Kier molecular flexibility index (Phi) is 4.13. The summed E-state index contributed by atoms with van der Waals surface area (Å²) in [6.45, 7) is 1.05. The van der Waals surface area contributed by atoms with E-state index in [1.807, 2.05) is 18.2 Å². The lowest BCUT2D eigenvalue weighted by Gasteiger charge is -2.10. The molecular formula is C16H19NO. The fraction of sp³-hybridized carbons (Fsp3) is 0.250. The van der Waals surface area contributed by atoms with Gasteiger partial charge in [0.2, 0.25) is 0 Å². The van der Waals surface area contributed by atoms with Crippen LogP contribution in [0.25, 0.3) is 11.1 Å². The molecule has 0 amide bonds. The maximum Gasteiger partial charge on any atom is 0.0682 e. The summed E-state index contributed by atoms with van der Waals surface area (Å²) in [5.74, 6) is 0. The zero-order valence-electron chi connectivity index (χ0n) is 10.9. The van der Waals surface area contributed by atoms with E-state index < -0.39 is 0 Å². The van der Waals surface area contributed by atoms with Crippen molar-refractivity contribution in [3.63, 3.8) is 0 Å². The molecule has 0 saturated heterocycles. The van der Waals surface area contributed by atoms with Crippen LogP contribution in [-0.2, 0) is 13.2 Å². The molecule has 0 saturated carbocycles. The third-order valence-electron chi connectivity index (χ3n) is 2.90. The summed E-state index contributed by atoms with van der Waals surface area (Å²) in [6, 6.07) is 16.6. The van der Waals surface area contributed by atoms with Crippen LogP contribution in [0.3, 0.4) is 0 Å². The molecule has 0 aliphatic rings. The van der Waals surface area contributed by atoms with Crippen molar-refractivity contribution in [2.24, 2.45) is 0 Å². The molecule has 0 bridgehead atoms. The Balaban J connectivity index is 2.22. The zero-order chi connectivity index (χ0) is 13.0. The average molecular weight is 241 g/mol. The quantitative estimate of drug-likeness (QED) is 0.889. The standard InChI is InChI=1S/C16H19NO/c1-17(2)11-13-6-8-15(9-7-13)16-5-3-4-14(10-16)12-18/h3-10,18H,11-12H2,1-2H3. The van der Waals surface area contributed by atoms with Crippen LogP contribution in [0.1, 0.15) is 11.1 Å². The first-order valence-electron chi connectivity index (χ1n) is 6.13. The molecule has 94 valence electrons. The van der Waals surface area contributed by atoms with Crippen molar-refractivity contribution in [2.75, 3.05) is 14.1 Å². The van der Waals surface area contributed by atoms with E-state index in [-0.39, 0.29) is 6.61 Å². The van der Waals surface area contributed by atoms with Gasteiger partial charge in [-0.15, -0.1) is 0 Å². The van der Waals surface area contributed by atoms with Gasteiger partial charge in [0.25, 0.3) is 0 Å². The number of aliphatic hydroxyl groups excluding tert-OH is 1. The first-order chi connectivity index (χ1) is 8.69. The molecular weight excluding hydrogens is 222 g/mol. The maximum atomic E-state index is 9.15. The first-order valence-corrected chi connectivity index (χ1v) is 6.13. The highest BCUT2D eigenvalue weighted by Crippen LogP contribution is 2.21. The largest absolute Gasteiger partial charge is 0.392 e. The van der Waals surface area contributed by atoms with Gasteiger partial charge in [-0.05, 0) is 42.4 Å². The van der Waals surface area contributed by atoms with Gasteiger partial charge in [0.1, 0.15) is 0 Å². The molecule has 2 rings (SSSR count). The van der Waals surface area contributed by atoms with Crippen molar-refractivity contribution in [3.8, 4) is 11.1 Å². The van der Waals surface area contributed by atoms with Crippen molar-refractivity contribution in [1.82, 2.24) is 4.90 Å². The smallest absolute Gasteiger partial charge is 0.0682 e. The summed E-state index contributed by atoms with van der Waals surface area (Å²) in [6.07, 6.45) is 0. The second-order valence-electron chi connectivity index (χ2n) is 4.79. The highest BCUT2D eigenvalue weighted by molar-refractivity contribution is 5.64. The van der Waals surface area contributed by atoms with E-state index in [1.54, 1.807) is 0 Å². The number of aliphatic hydroxyl groups is 1. The van der Waals surface area contributed by atoms with Crippen molar-refractivity contribution < 1.29 is 5.11 Å². The molecule has 1 N–H and O–H groups in total. The van der Waals surface area contributed by atoms with Gasteiger partial charge in [0, 0.05) is 6.54 Å². The summed E-state index contributed by atoms with van der Waals surface area (Å²) in [7, 11) is 4.14. The fourth-order valence-electron chi connectivity index (χ4n) is 2.02. The van der Waals surface area contributed by atoms with Crippen LogP contribution >= 0.6 is 0 Å². The Morgan fingerprint density at radius 1 is 0.889 bits per heavy atom. The van der Waals surface area contributed by atoms with Gasteiger partial charge in [-0.2, -0.15) is 0 Å². The first kappa shape index (κ1) is 12.8. The van der Waals surface area contributed by atoms with E-state index in [9.17, 15) is 0 Å². The minimum absolute atomic E-state index is 0.0898. The van der Waals surface area contributed by atoms with E-state index in [0.717, 1.165) is 17.7 Å². The third-order valence-corrected chi connectivity index (χ3v) is 2.90. The average Bonchev–Trinajstić information content (AvgIpc) is 2.39. The van der Waals surface area contributed by atoms with Gasteiger partial charge >= 0.3 is 0 Å². The highest BCUT2D eigenvalue weighted by Gasteiger charge is 2.00. The number of hydrogen-bond donors (Lipinski definition) is 1. The van der Waals surface area contributed by atoms with Crippen molar-refractivity contribution in [1.29, 1.82) is 0 Å². The molecule has 2 aromatic carbocycles. The normalized spacial score (nSPS) is 10.9. The number of benzene rings is 2. The minimum atomic E-state index is 0.0898. The predicted octanol–water partition coefficient (Wildman–Crippen LogP) is 2.91. The fourth-order valence-corrected chi connectivity index (χ4v) is 2.02. The second kappa shape index (κ2) is 5.80. The van der Waals surface area contributed by atoms with Crippen LogP contribution in [0, 0.1) is 0 Å². The maximum absolute atomic E-state index is 9.15. The van der Waals surface area contributed by atoms with Crippen LogP contribution in [0.15, 0.2) is 48.5 Å². The lowest BCUT2D eigenvalue weighted by Crippen LogP contribution is -2.10. The van der Waals surface area contributed by atoms with Crippen molar-refractivity contribution in [3.05, 3.63) is 59.7 Å². The van der Waals surface area contributed by atoms with Gasteiger partial charge in [0.05, 0.1) is 6.61 Å². The summed E-state index contributed by atoms with van der Waals surface area (Å²) < 4.78 is 0. The molecule has 0 aliphatic heterocycles. The Hall–Kier alpha value is -1.64. The topological polar surface area (TPSA) is 23.5 Å². The Morgan fingerprint density at radius 2 is 1.61 bits per heavy atom. The highest BCUT2D eigenvalue weighted by atomic mass is 16.3. The molecule has 0 aliphatic carbocycles. The van der Waals surface area contributed by atoms with Crippen LogP contribution in [0.5, 0.6) is 0 Å². The van der Waals surface area contributed by atoms with Crippen LogP contribution in [0.4, 0.5) is 0 Å². The third kappa shape index (κ3) is 3.19. The van der Waals surface area contributed by atoms with Gasteiger partial charge in [-0.3, -0.25) is 0 Å². The van der Waals surface area contributed by atoms with E-state index >= 15 is 0 Å². The van der Waals surface area contributed by atoms with E-state index in [2.05, 4.69) is 49.3 Å². The summed E-state index contributed by atoms with van der Waals surface area (Å²) in [4.78, 5) is 2.15. The van der Waals surface area contributed by atoms with Gasteiger partial charge in [-0.1, -0.05) is 42.5 Å². The Labute approximate surface area is 109 Å². The SMILES string of the molecule is CN(C)Cc1ccc(-c2cccc(CO)c2)cc1. The minimum Gasteiger partial charge on any atom is -0.392 e. The number of rotatable bonds is 4. The molecule has 2 nitrogen and oxygen atoms in total. The van der Waals surface area contributed by atoms with Crippen LogP contribution in [-0.4, -0.2) is 24.1 Å². The molecule has 0 heterocycles. The van der Waals surface area contributed by atoms with E-state index in [1.165, 1.54) is 11.1 Å².